The van der Waals surface area contributed by atoms with Crippen LogP contribution in [0.2, 0.25) is 5.15 Å². The largest absolute Gasteiger partial charge is 0.240 e. The van der Waals surface area contributed by atoms with Gasteiger partial charge in [-0.05, 0) is 6.42 Å². The summed E-state index contributed by atoms with van der Waals surface area (Å²) in [6.45, 7) is 2.00. The van der Waals surface area contributed by atoms with Gasteiger partial charge in [-0.1, -0.05) is 18.5 Å². The van der Waals surface area contributed by atoms with Crippen molar-refractivity contribution in [2.75, 3.05) is 0 Å². The quantitative estimate of drug-likeness (QED) is 0.529. The predicted octanol–water partition coefficient (Wildman–Crippen LogP) is 2.43. The highest BCUT2D eigenvalue weighted by atomic mass is 35.5. The van der Waals surface area contributed by atoms with Crippen molar-refractivity contribution in [3.8, 4) is 0 Å². The van der Waals surface area contributed by atoms with E-state index in [2.05, 4.69) is 9.97 Å². The number of nitrogens with zero attached hydrogens (tertiary/aromatic N) is 2. The second-order valence-electron chi connectivity index (χ2n) is 2.09. The van der Waals surface area contributed by atoms with E-state index in [1.54, 1.807) is 6.20 Å². The Bertz CT molecular complexity index is 250. The fraction of sp³-hybridized carbons (Fsp3) is 0.429. The van der Waals surface area contributed by atoms with Crippen LogP contribution < -0.4 is 0 Å². The van der Waals surface area contributed by atoms with Crippen LogP contribution in [-0.4, -0.2) is 9.97 Å². The molecule has 1 aromatic heterocycles. The summed E-state index contributed by atoms with van der Waals surface area (Å²) in [7, 11) is 0. The highest BCUT2D eigenvalue weighted by Gasteiger charge is 2.01. The van der Waals surface area contributed by atoms with Gasteiger partial charge in [-0.3, -0.25) is 0 Å². The summed E-state index contributed by atoms with van der Waals surface area (Å²) in [5.74, 6) is 0.887. The summed E-state index contributed by atoms with van der Waals surface area (Å²) in [5, 5.41) is 0.512. The topological polar surface area (TPSA) is 25.8 Å². The first kappa shape index (κ1) is 8.75. The first-order chi connectivity index (χ1) is 5.27. The Morgan fingerprint density at radius 2 is 2.27 bits per heavy atom. The zero-order chi connectivity index (χ0) is 8.27. The van der Waals surface area contributed by atoms with Crippen molar-refractivity contribution in [2.24, 2.45) is 0 Å². The number of aromatic nitrogens is 2. The number of halogens is 2. The summed E-state index contributed by atoms with van der Waals surface area (Å²) in [6, 6.07) is 0. The molecule has 60 valence electrons. The Kier molecular flexibility index (Phi) is 3.09. The third-order valence-electron chi connectivity index (χ3n) is 1.36. The molecule has 0 spiro atoms. The lowest BCUT2D eigenvalue weighted by Gasteiger charge is -1.99. The number of alkyl halides is 1. The second-order valence-corrected chi connectivity index (χ2v) is 2.71. The molecular weight excluding hydrogens is 183 g/mol. The maximum atomic E-state index is 5.80. The lowest BCUT2D eigenvalue weighted by molar-refractivity contribution is 0.976. The Hall–Kier alpha value is -0.340. The fourth-order valence-corrected chi connectivity index (χ4v) is 1.13. The molecule has 0 N–H and O–H groups in total. The normalized spacial score (nSPS) is 10.1. The third kappa shape index (κ3) is 2.04. The summed E-state index contributed by atoms with van der Waals surface area (Å²) >= 11 is 11.3. The minimum absolute atomic E-state index is 0.309. The molecule has 0 aliphatic carbocycles. The predicted molar refractivity (Wildman–Crippen MR) is 46.0 cm³/mol. The number of rotatable bonds is 2. The average Bonchev–Trinajstić information content (AvgIpc) is 2.04. The van der Waals surface area contributed by atoms with Crippen LogP contribution in [0.3, 0.4) is 0 Å². The summed E-state index contributed by atoms with van der Waals surface area (Å²) in [4.78, 5) is 7.99. The van der Waals surface area contributed by atoms with E-state index in [1.807, 2.05) is 6.92 Å². The maximum absolute atomic E-state index is 5.80. The number of aryl methyl sites for hydroxylation is 1. The smallest absolute Gasteiger partial charge is 0.144 e. The van der Waals surface area contributed by atoms with E-state index in [-0.39, 0.29) is 0 Å². The lowest BCUT2D eigenvalue weighted by atomic mass is 10.3. The van der Waals surface area contributed by atoms with Crippen LogP contribution in [0.5, 0.6) is 0 Å². The van der Waals surface area contributed by atoms with E-state index in [0.717, 1.165) is 12.0 Å². The highest BCUT2D eigenvalue weighted by molar-refractivity contribution is 6.30. The Balaban J connectivity index is 2.99. The monoisotopic (exact) mass is 190 g/mol. The molecule has 4 heteroatoms. The van der Waals surface area contributed by atoms with Gasteiger partial charge in [0.05, 0.1) is 5.88 Å². The van der Waals surface area contributed by atoms with Crippen LogP contribution >= 0.6 is 23.2 Å². The highest BCUT2D eigenvalue weighted by Crippen LogP contribution is 2.12. The van der Waals surface area contributed by atoms with Gasteiger partial charge in [-0.25, -0.2) is 9.97 Å². The molecule has 0 saturated carbocycles. The van der Waals surface area contributed by atoms with Crippen LogP contribution in [0.25, 0.3) is 0 Å². The van der Waals surface area contributed by atoms with E-state index in [4.69, 9.17) is 23.2 Å². The molecule has 1 rings (SSSR count). The van der Waals surface area contributed by atoms with Gasteiger partial charge in [0, 0.05) is 11.8 Å². The molecule has 0 amide bonds. The standard InChI is InChI=1S/C7H8Cl2N2/c1-2-5-4-10-6(3-8)11-7(5)9/h4H,2-3H2,1H3. The summed E-state index contributed by atoms with van der Waals surface area (Å²) < 4.78 is 0. The molecule has 0 radical (unpaired) electrons. The van der Waals surface area contributed by atoms with Gasteiger partial charge in [0.1, 0.15) is 11.0 Å². The second kappa shape index (κ2) is 3.88. The fourth-order valence-electron chi connectivity index (χ4n) is 0.721. The molecule has 0 unspecified atom stereocenters. The van der Waals surface area contributed by atoms with Gasteiger partial charge in [0.25, 0.3) is 0 Å². The first-order valence-corrected chi connectivity index (χ1v) is 4.25. The van der Waals surface area contributed by atoms with Gasteiger partial charge in [0.2, 0.25) is 0 Å². The van der Waals surface area contributed by atoms with Crippen molar-refractivity contribution in [3.63, 3.8) is 0 Å². The van der Waals surface area contributed by atoms with Gasteiger partial charge >= 0.3 is 0 Å². The minimum atomic E-state index is 0.309. The number of hydrogen-bond acceptors (Lipinski definition) is 2. The van der Waals surface area contributed by atoms with Gasteiger partial charge in [-0.15, -0.1) is 11.6 Å². The van der Waals surface area contributed by atoms with Gasteiger partial charge in [-0.2, -0.15) is 0 Å². The SMILES string of the molecule is CCc1cnc(CCl)nc1Cl. The molecule has 0 aliphatic rings. The van der Waals surface area contributed by atoms with Crippen molar-refractivity contribution in [1.82, 2.24) is 9.97 Å². The van der Waals surface area contributed by atoms with E-state index in [1.165, 1.54) is 0 Å². The van der Waals surface area contributed by atoms with Crippen molar-refractivity contribution in [3.05, 3.63) is 22.7 Å². The van der Waals surface area contributed by atoms with Crippen LogP contribution in [0.1, 0.15) is 18.3 Å². The summed E-state index contributed by atoms with van der Waals surface area (Å²) in [5.41, 5.74) is 0.959. The number of hydrogen-bond donors (Lipinski definition) is 0. The lowest BCUT2D eigenvalue weighted by Crippen LogP contribution is -1.94. The average molecular weight is 191 g/mol. The summed E-state index contributed by atoms with van der Waals surface area (Å²) in [6.07, 6.45) is 2.56. The molecule has 1 heterocycles. The van der Waals surface area contributed by atoms with Crippen LogP contribution in [0.15, 0.2) is 6.20 Å². The first-order valence-electron chi connectivity index (χ1n) is 3.34. The van der Waals surface area contributed by atoms with E-state index >= 15 is 0 Å². The van der Waals surface area contributed by atoms with E-state index in [0.29, 0.717) is 16.9 Å². The Morgan fingerprint density at radius 1 is 1.55 bits per heavy atom. The van der Waals surface area contributed by atoms with Crippen LogP contribution in [0, 0.1) is 0 Å². The van der Waals surface area contributed by atoms with Crippen LogP contribution in [0.4, 0.5) is 0 Å². The molecule has 0 fully saturated rings. The zero-order valence-corrected chi connectivity index (χ0v) is 7.65. The molecule has 0 aromatic carbocycles. The van der Waals surface area contributed by atoms with Crippen molar-refractivity contribution >= 4 is 23.2 Å². The molecule has 0 aliphatic heterocycles. The van der Waals surface area contributed by atoms with E-state index < -0.39 is 0 Å². The van der Waals surface area contributed by atoms with Crippen molar-refractivity contribution in [2.45, 2.75) is 19.2 Å². The van der Waals surface area contributed by atoms with Gasteiger partial charge < -0.3 is 0 Å². The third-order valence-corrected chi connectivity index (χ3v) is 1.93. The molecule has 0 atom stereocenters. The van der Waals surface area contributed by atoms with Crippen molar-refractivity contribution < 1.29 is 0 Å². The molecule has 2 nitrogen and oxygen atoms in total. The Labute approximate surface area is 75.6 Å². The molecule has 1 aromatic rings. The Morgan fingerprint density at radius 3 is 2.73 bits per heavy atom. The van der Waals surface area contributed by atoms with Crippen molar-refractivity contribution in [1.29, 1.82) is 0 Å². The van der Waals surface area contributed by atoms with Crippen LogP contribution in [-0.2, 0) is 12.3 Å². The molecule has 0 bridgehead atoms. The minimum Gasteiger partial charge on any atom is -0.240 e. The van der Waals surface area contributed by atoms with E-state index in [9.17, 15) is 0 Å². The molecular formula is C7H8Cl2N2. The molecule has 0 saturated heterocycles. The maximum Gasteiger partial charge on any atom is 0.144 e. The zero-order valence-electron chi connectivity index (χ0n) is 6.14. The molecule has 11 heavy (non-hydrogen) atoms. The van der Waals surface area contributed by atoms with Gasteiger partial charge in [0.15, 0.2) is 0 Å².